The van der Waals surface area contributed by atoms with Crippen molar-refractivity contribution in [3.63, 3.8) is 0 Å². The van der Waals surface area contributed by atoms with Crippen LogP contribution in [0.5, 0.6) is 5.88 Å². The number of nitrogens with zero attached hydrogens (tertiary/aromatic N) is 4. The van der Waals surface area contributed by atoms with Gasteiger partial charge in [-0.25, -0.2) is 9.37 Å². The first kappa shape index (κ1) is 26.5. The fourth-order valence-corrected chi connectivity index (χ4v) is 5.75. The highest BCUT2D eigenvalue weighted by atomic mass is 79.9. The Morgan fingerprint density at radius 2 is 2.00 bits per heavy atom. The Bertz CT molecular complexity index is 1100. The molecule has 8 nitrogen and oxygen atoms in total. The van der Waals surface area contributed by atoms with Gasteiger partial charge >= 0.3 is 0 Å². The normalized spacial score (nSPS) is 25.0. The van der Waals surface area contributed by atoms with Gasteiger partial charge in [0.2, 0.25) is 11.8 Å². The summed E-state index contributed by atoms with van der Waals surface area (Å²) >= 11 is 3.55. The van der Waals surface area contributed by atoms with Crippen molar-refractivity contribution in [2.75, 3.05) is 64.0 Å². The van der Waals surface area contributed by atoms with E-state index in [0.29, 0.717) is 54.4 Å². The van der Waals surface area contributed by atoms with Crippen molar-refractivity contribution >= 4 is 27.5 Å². The average molecular weight is 577 g/mol. The van der Waals surface area contributed by atoms with Crippen molar-refractivity contribution in [2.24, 2.45) is 0 Å². The van der Waals surface area contributed by atoms with E-state index in [1.807, 2.05) is 11.0 Å². The number of carbonyl (C=O) groups excluding carboxylic acids is 1. The van der Waals surface area contributed by atoms with Gasteiger partial charge in [0.15, 0.2) is 0 Å². The van der Waals surface area contributed by atoms with Crippen molar-refractivity contribution in [3.8, 4) is 5.88 Å². The summed E-state index contributed by atoms with van der Waals surface area (Å²) in [6.07, 6.45) is 0.568. The number of anilines is 1. The number of carbonyl (C=O) groups is 1. The minimum absolute atomic E-state index is 0.0514. The van der Waals surface area contributed by atoms with Crippen LogP contribution in [0.2, 0.25) is 0 Å². The van der Waals surface area contributed by atoms with Crippen LogP contribution in [0.4, 0.5) is 10.1 Å². The molecule has 10 heteroatoms. The molecular weight excluding hydrogens is 541 g/mol. The second-order valence-electron chi connectivity index (χ2n) is 10.3. The number of aromatic nitrogens is 1. The number of piperazine rings is 1. The molecule has 0 spiro atoms. The standard InChI is InChI=1S/C27H35BrFN5O3/c1-18-14-33(23(13-30-18)15-32-7-9-36-17-19(32)2)16-25(35)34-8-10-37-27-24(34)12-21(26(28)31-27)11-20-3-5-22(29)6-4-20/h3-6,12,18-19,23,30H,7-11,13-17H2,1-2H3/t18-,19?,23-/m1/s1. The van der Waals surface area contributed by atoms with Crippen LogP contribution in [-0.2, 0) is 16.0 Å². The third-order valence-corrected chi connectivity index (χ3v) is 8.15. The van der Waals surface area contributed by atoms with Gasteiger partial charge in [-0.2, -0.15) is 0 Å². The fourth-order valence-electron chi connectivity index (χ4n) is 5.33. The number of morpholine rings is 1. The van der Waals surface area contributed by atoms with E-state index in [2.05, 4.69) is 49.9 Å². The van der Waals surface area contributed by atoms with Crippen molar-refractivity contribution in [3.05, 3.63) is 51.9 Å². The van der Waals surface area contributed by atoms with Crippen LogP contribution in [0, 0.1) is 5.82 Å². The van der Waals surface area contributed by atoms with Crippen LogP contribution in [0.3, 0.4) is 0 Å². The molecule has 2 aromatic rings. The van der Waals surface area contributed by atoms with E-state index >= 15 is 0 Å². The highest BCUT2D eigenvalue weighted by Crippen LogP contribution is 2.35. The molecule has 1 unspecified atom stereocenters. The zero-order chi connectivity index (χ0) is 25.9. The first-order valence-electron chi connectivity index (χ1n) is 13.0. The average Bonchev–Trinajstić information content (AvgIpc) is 2.88. The molecule has 37 heavy (non-hydrogen) atoms. The number of pyridine rings is 1. The van der Waals surface area contributed by atoms with Gasteiger partial charge in [0, 0.05) is 50.7 Å². The Hall–Kier alpha value is -2.11. The molecule has 4 heterocycles. The Kier molecular flexibility index (Phi) is 8.40. The summed E-state index contributed by atoms with van der Waals surface area (Å²) in [5, 5.41) is 3.59. The fraction of sp³-hybridized carbons (Fsp3) is 0.556. The second-order valence-corrected chi connectivity index (χ2v) is 11.0. The topological polar surface area (TPSA) is 70.2 Å². The van der Waals surface area contributed by atoms with Crippen molar-refractivity contribution in [1.82, 2.24) is 20.1 Å². The summed E-state index contributed by atoms with van der Waals surface area (Å²) in [7, 11) is 0. The molecule has 3 aliphatic rings. The Labute approximate surface area is 226 Å². The zero-order valence-electron chi connectivity index (χ0n) is 21.5. The second kappa shape index (κ2) is 11.7. The van der Waals surface area contributed by atoms with Crippen LogP contribution in [0.1, 0.15) is 25.0 Å². The molecule has 0 aliphatic carbocycles. The summed E-state index contributed by atoms with van der Waals surface area (Å²) in [6.45, 7) is 10.6. The lowest BCUT2D eigenvalue weighted by atomic mass is 10.1. The van der Waals surface area contributed by atoms with Gasteiger partial charge in [0.1, 0.15) is 22.7 Å². The summed E-state index contributed by atoms with van der Waals surface area (Å²) in [4.78, 5) is 24.9. The quantitative estimate of drug-likeness (QED) is 0.531. The van der Waals surface area contributed by atoms with Crippen LogP contribution >= 0.6 is 15.9 Å². The van der Waals surface area contributed by atoms with Crippen LogP contribution < -0.4 is 15.0 Å². The van der Waals surface area contributed by atoms with Crippen LogP contribution in [0.15, 0.2) is 34.9 Å². The van der Waals surface area contributed by atoms with E-state index in [4.69, 9.17) is 9.47 Å². The number of hydrogen-bond acceptors (Lipinski definition) is 7. The van der Waals surface area contributed by atoms with Crippen LogP contribution in [-0.4, -0.2) is 97.9 Å². The van der Waals surface area contributed by atoms with Gasteiger partial charge in [-0.15, -0.1) is 0 Å². The Balaban J connectivity index is 1.32. The van der Waals surface area contributed by atoms with Crippen molar-refractivity contribution < 1.29 is 18.7 Å². The molecule has 1 amide bonds. The number of hydrogen-bond donors (Lipinski definition) is 1. The molecule has 0 bridgehead atoms. The first-order chi connectivity index (χ1) is 17.9. The lowest BCUT2D eigenvalue weighted by molar-refractivity contribution is -0.121. The largest absolute Gasteiger partial charge is 0.474 e. The minimum atomic E-state index is -0.264. The van der Waals surface area contributed by atoms with Gasteiger partial charge in [-0.3, -0.25) is 14.6 Å². The van der Waals surface area contributed by atoms with Gasteiger partial charge in [0.05, 0.1) is 26.3 Å². The minimum Gasteiger partial charge on any atom is -0.474 e. The molecule has 200 valence electrons. The van der Waals surface area contributed by atoms with E-state index in [1.54, 1.807) is 12.1 Å². The molecule has 3 atom stereocenters. The molecule has 2 fully saturated rings. The number of fused-ring (bicyclic) bond motifs is 1. The number of rotatable bonds is 6. The Morgan fingerprint density at radius 3 is 2.78 bits per heavy atom. The maximum atomic E-state index is 13.7. The molecule has 1 aromatic heterocycles. The number of benzene rings is 1. The zero-order valence-corrected chi connectivity index (χ0v) is 23.0. The van der Waals surface area contributed by atoms with Gasteiger partial charge in [-0.1, -0.05) is 12.1 Å². The highest BCUT2D eigenvalue weighted by Gasteiger charge is 2.34. The summed E-state index contributed by atoms with van der Waals surface area (Å²) in [5.74, 6) is 0.248. The number of amides is 1. The number of ether oxygens (including phenoxy) is 2. The maximum Gasteiger partial charge on any atom is 0.241 e. The van der Waals surface area contributed by atoms with Crippen LogP contribution in [0.25, 0.3) is 0 Å². The smallest absolute Gasteiger partial charge is 0.241 e. The van der Waals surface area contributed by atoms with E-state index in [-0.39, 0.29) is 17.8 Å². The van der Waals surface area contributed by atoms with E-state index in [9.17, 15) is 9.18 Å². The van der Waals surface area contributed by atoms with E-state index < -0.39 is 0 Å². The number of halogens is 2. The maximum absolute atomic E-state index is 13.7. The SMILES string of the molecule is CC1COCCN1C[C@H]1CN[C@H](C)CN1CC(=O)N1CCOc2nc(Br)c(Cc3ccc(F)cc3)cc21. The molecule has 1 N–H and O–H groups in total. The lowest BCUT2D eigenvalue weighted by Crippen LogP contribution is -2.62. The molecule has 5 rings (SSSR count). The van der Waals surface area contributed by atoms with E-state index in [1.165, 1.54) is 12.1 Å². The van der Waals surface area contributed by atoms with Gasteiger partial charge in [0.25, 0.3) is 0 Å². The third kappa shape index (κ3) is 6.31. The molecular formula is C27H35BrFN5O3. The third-order valence-electron chi connectivity index (χ3n) is 7.46. The van der Waals surface area contributed by atoms with E-state index in [0.717, 1.165) is 50.5 Å². The first-order valence-corrected chi connectivity index (χ1v) is 13.8. The molecule has 3 aliphatic heterocycles. The van der Waals surface area contributed by atoms with Gasteiger partial charge in [-0.05, 0) is 59.1 Å². The summed E-state index contributed by atoms with van der Waals surface area (Å²) < 4.78 is 25.5. The Morgan fingerprint density at radius 1 is 1.19 bits per heavy atom. The van der Waals surface area contributed by atoms with Crippen molar-refractivity contribution in [2.45, 2.75) is 38.4 Å². The number of nitrogens with one attached hydrogen (secondary N) is 1. The molecule has 2 saturated heterocycles. The van der Waals surface area contributed by atoms with Gasteiger partial charge < -0.3 is 19.7 Å². The monoisotopic (exact) mass is 575 g/mol. The predicted octanol–water partition coefficient (Wildman–Crippen LogP) is 2.68. The molecule has 0 radical (unpaired) electrons. The molecule has 0 saturated carbocycles. The van der Waals surface area contributed by atoms with Crippen molar-refractivity contribution in [1.29, 1.82) is 0 Å². The highest BCUT2D eigenvalue weighted by molar-refractivity contribution is 9.10. The lowest BCUT2D eigenvalue weighted by Gasteiger charge is -2.44. The predicted molar refractivity (Wildman–Crippen MR) is 144 cm³/mol. The summed E-state index contributed by atoms with van der Waals surface area (Å²) in [5.41, 5.74) is 2.58. The molecule has 1 aromatic carbocycles. The summed E-state index contributed by atoms with van der Waals surface area (Å²) in [6, 6.07) is 9.36.